The van der Waals surface area contributed by atoms with E-state index in [2.05, 4.69) is 31.7 Å². The minimum Gasteiger partial charge on any atom is -0.355 e. The third-order valence-electron chi connectivity index (χ3n) is 5.05. The van der Waals surface area contributed by atoms with Gasteiger partial charge in [-0.2, -0.15) is 0 Å². The quantitative estimate of drug-likeness (QED) is 0.774. The van der Waals surface area contributed by atoms with Crippen LogP contribution in [-0.2, 0) is 10.0 Å². The van der Waals surface area contributed by atoms with Gasteiger partial charge in [0.25, 0.3) is 10.0 Å². The topological polar surface area (TPSA) is 65.5 Å². The molecule has 4 rings (SSSR count). The number of benzene rings is 1. The molecule has 0 amide bonds. The predicted molar refractivity (Wildman–Crippen MR) is 103 cm³/mol. The molecule has 1 atom stereocenters. The fourth-order valence-electron chi connectivity index (χ4n) is 3.53. The van der Waals surface area contributed by atoms with E-state index >= 15 is 0 Å². The van der Waals surface area contributed by atoms with Crippen LogP contribution in [0.15, 0.2) is 53.6 Å². The number of aromatic nitrogens is 1. The number of anilines is 2. The molecule has 9 heteroatoms. The average Bonchev–Trinajstić information content (AvgIpc) is 3.36. The lowest BCUT2D eigenvalue weighted by Crippen LogP contribution is -2.35. The summed E-state index contributed by atoms with van der Waals surface area (Å²) in [7, 11) is -3.94. The van der Waals surface area contributed by atoms with Crippen LogP contribution in [0.3, 0.4) is 0 Å². The zero-order valence-electron chi connectivity index (χ0n) is 15.1. The molecule has 0 saturated carbocycles. The SMILES string of the molecule is O=S(=O)(Nc1ccc(F)c(F)c1)c1ccc(N2CCC(N3CC=CC3)C2)nc1. The van der Waals surface area contributed by atoms with Crippen LogP contribution in [0.1, 0.15) is 6.42 Å². The smallest absolute Gasteiger partial charge is 0.263 e. The Morgan fingerprint density at radius 2 is 1.86 bits per heavy atom. The number of rotatable bonds is 5. The van der Waals surface area contributed by atoms with E-state index in [9.17, 15) is 17.2 Å². The summed E-state index contributed by atoms with van der Waals surface area (Å²) in [5, 5.41) is 0. The van der Waals surface area contributed by atoms with Gasteiger partial charge in [-0.25, -0.2) is 22.2 Å². The van der Waals surface area contributed by atoms with Gasteiger partial charge >= 0.3 is 0 Å². The van der Waals surface area contributed by atoms with E-state index in [4.69, 9.17) is 0 Å². The van der Waals surface area contributed by atoms with E-state index in [1.807, 2.05) is 0 Å². The second-order valence-corrected chi connectivity index (χ2v) is 8.58. The molecule has 1 fully saturated rings. The van der Waals surface area contributed by atoms with Crippen molar-refractivity contribution < 1.29 is 17.2 Å². The average molecular weight is 406 g/mol. The highest BCUT2D eigenvalue weighted by molar-refractivity contribution is 7.92. The number of nitrogens with zero attached hydrogens (tertiary/aromatic N) is 3. The summed E-state index contributed by atoms with van der Waals surface area (Å²) >= 11 is 0. The first-order valence-corrected chi connectivity index (χ1v) is 10.5. The molecular weight excluding hydrogens is 386 g/mol. The van der Waals surface area contributed by atoms with Gasteiger partial charge in [0.05, 0.1) is 5.69 Å². The van der Waals surface area contributed by atoms with E-state index in [0.29, 0.717) is 6.04 Å². The minimum absolute atomic E-state index is 0.0412. The third-order valence-corrected chi connectivity index (χ3v) is 6.42. The number of hydrogen-bond donors (Lipinski definition) is 1. The monoisotopic (exact) mass is 406 g/mol. The first kappa shape index (κ1) is 18.8. The first-order chi connectivity index (χ1) is 13.4. The summed E-state index contributed by atoms with van der Waals surface area (Å²) in [5.74, 6) is -1.44. The van der Waals surface area contributed by atoms with Crippen molar-refractivity contribution in [1.82, 2.24) is 9.88 Å². The Bertz CT molecular complexity index is 987. The summed E-state index contributed by atoms with van der Waals surface area (Å²) in [5.41, 5.74) is -0.0513. The van der Waals surface area contributed by atoms with Crippen LogP contribution in [0.25, 0.3) is 0 Å². The van der Waals surface area contributed by atoms with Gasteiger partial charge in [0.1, 0.15) is 10.7 Å². The standard InChI is InChI=1S/C19H20F2N4O2S/c20-17-5-3-14(11-18(17)21)23-28(26,27)16-4-6-19(22-12-16)25-10-7-15(13-25)24-8-1-2-9-24/h1-6,11-12,15,23H,7-10,13H2. The zero-order valence-corrected chi connectivity index (χ0v) is 15.9. The summed E-state index contributed by atoms with van der Waals surface area (Å²) in [4.78, 5) is 8.81. The van der Waals surface area contributed by atoms with Gasteiger partial charge in [-0.05, 0) is 30.7 Å². The van der Waals surface area contributed by atoms with Crippen molar-refractivity contribution in [2.45, 2.75) is 17.4 Å². The van der Waals surface area contributed by atoms with Gasteiger partial charge in [-0.15, -0.1) is 0 Å². The van der Waals surface area contributed by atoms with Crippen LogP contribution in [0.2, 0.25) is 0 Å². The van der Waals surface area contributed by atoms with Crippen LogP contribution in [0.5, 0.6) is 0 Å². The fourth-order valence-corrected chi connectivity index (χ4v) is 4.53. The highest BCUT2D eigenvalue weighted by atomic mass is 32.2. The third kappa shape index (κ3) is 3.85. The lowest BCUT2D eigenvalue weighted by molar-refractivity contribution is 0.271. The van der Waals surface area contributed by atoms with Crippen molar-refractivity contribution in [1.29, 1.82) is 0 Å². The van der Waals surface area contributed by atoms with E-state index < -0.39 is 21.7 Å². The second-order valence-electron chi connectivity index (χ2n) is 6.90. The Hall–Kier alpha value is -2.52. The van der Waals surface area contributed by atoms with Gasteiger partial charge in [-0.1, -0.05) is 12.2 Å². The van der Waals surface area contributed by atoms with Crippen molar-refractivity contribution in [2.75, 3.05) is 35.8 Å². The van der Waals surface area contributed by atoms with Gasteiger partial charge in [-0.3, -0.25) is 9.62 Å². The summed E-state index contributed by atoms with van der Waals surface area (Å²) in [6, 6.07) is 6.44. The lowest BCUT2D eigenvalue weighted by Gasteiger charge is -2.24. The molecule has 0 spiro atoms. The maximum atomic E-state index is 13.3. The fraction of sp³-hybridized carbons (Fsp3) is 0.316. The summed E-state index contributed by atoms with van der Waals surface area (Å²) in [6.45, 7) is 3.67. The van der Waals surface area contributed by atoms with Crippen molar-refractivity contribution in [2.24, 2.45) is 0 Å². The van der Waals surface area contributed by atoms with E-state index in [0.717, 1.165) is 56.6 Å². The molecule has 1 unspecified atom stereocenters. The largest absolute Gasteiger partial charge is 0.355 e. The van der Waals surface area contributed by atoms with Gasteiger partial charge in [0.2, 0.25) is 0 Å². The molecule has 2 aromatic rings. The highest BCUT2D eigenvalue weighted by Gasteiger charge is 2.28. The Balaban J connectivity index is 1.44. The Morgan fingerprint density at radius 1 is 1.07 bits per heavy atom. The van der Waals surface area contributed by atoms with Crippen molar-refractivity contribution in [3.05, 3.63) is 60.3 Å². The summed E-state index contributed by atoms with van der Waals surface area (Å²) in [6.07, 6.45) is 6.66. The van der Waals surface area contributed by atoms with Gasteiger partial charge in [0, 0.05) is 44.5 Å². The van der Waals surface area contributed by atoms with Crippen molar-refractivity contribution >= 4 is 21.5 Å². The van der Waals surface area contributed by atoms with Crippen LogP contribution in [-0.4, -0.2) is 50.5 Å². The highest BCUT2D eigenvalue weighted by Crippen LogP contribution is 2.24. The molecule has 1 saturated heterocycles. The molecule has 1 aromatic heterocycles. The molecule has 1 aromatic carbocycles. The molecule has 2 aliphatic rings. The van der Waals surface area contributed by atoms with Crippen molar-refractivity contribution in [3.63, 3.8) is 0 Å². The molecular formula is C19H20F2N4O2S. The van der Waals surface area contributed by atoms with Crippen molar-refractivity contribution in [3.8, 4) is 0 Å². The van der Waals surface area contributed by atoms with Gasteiger partial charge < -0.3 is 4.90 Å². The van der Waals surface area contributed by atoms with Crippen LogP contribution >= 0.6 is 0 Å². The number of halogens is 2. The van der Waals surface area contributed by atoms with Gasteiger partial charge in [0.15, 0.2) is 11.6 Å². The maximum Gasteiger partial charge on any atom is 0.263 e. The number of sulfonamides is 1. The molecule has 0 radical (unpaired) electrons. The molecule has 3 heterocycles. The molecule has 0 bridgehead atoms. The number of nitrogens with one attached hydrogen (secondary N) is 1. The molecule has 0 aliphatic carbocycles. The second kappa shape index (κ2) is 7.48. The Labute approximate surface area is 162 Å². The Morgan fingerprint density at radius 3 is 2.54 bits per heavy atom. The van der Waals surface area contributed by atoms with E-state index in [1.54, 1.807) is 6.07 Å². The minimum atomic E-state index is -3.94. The first-order valence-electron chi connectivity index (χ1n) is 9.00. The van der Waals surface area contributed by atoms with Crippen LogP contribution in [0.4, 0.5) is 20.3 Å². The molecule has 1 N–H and O–H groups in total. The van der Waals surface area contributed by atoms with E-state index in [1.165, 1.54) is 12.3 Å². The molecule has 2 aliphatic heterocycles. The predicted octanol–water partition coefficient (Wildman–Crippen LogP) is 2.61. The molecule has 148 valence electrons. The van der Waals surface area contributed by atoms with Crippen LogP contribution < -0.4 is 9.62 Å². The lowest BCUT2D eigenvalue weighted by atomic mass is 10.2. The maximum absolute atomic E-state index is 13.3. The van der Waals surface area contributed by atoms with Crippen LogP contribution in [0, 0.1) is 11.6 Å². The molecule has 28 heavy (non-hydrogen) atoms. The molecule has 6 nitrogen and oxygen atoms in total. The normalized spacial score (nSPS) is 20.1. The van der Waals surface area contributed by atoms with E-state index in [-0.39, 0.29) is 10.6 Å². The summed E-state index contributed by atoms with van der Waals surface area (Å²) < 4.78 is 53.4. The zero-order chi connectivity index (χ0) is 19.7. The number of pyridine rings is 1. The number of hydrogen-bond acceptors (Lipinski definition) is 5. The Kier molecular flexibility index (Phi) is 5.03.